The van der Waals surface area contributed by atoms with Gasteiger partial charge in [-0.3, -0.25) is 9.59 Å². The molecule has 0 saturated carbocycles. The van der Waals surface area contributed by atoms with Crippen LogP contribution in [0.15, 0.2) is 11.4 Å². The summed E-state index contributed by atoms with van der Waals surface area (Å²) >= 11 is 1.37. The van der Waals surface area contributed by atoms with E-state index in [-0.39, 0.29) is 11.8 Å². The van der Waals surface area contributed by atoms with Gasteiger partial charge in [0.1, 0.15) is 4.88 Å². The molecule has 0 unspecified atom stereocenters. The second-order valence-electron chi connectivity index (χ2n) is 4.59. The van der Waals surface area contributed by atoms with Crippen molar-refractivity contribution in [2.75, 3.05) is 31.9 Å². The van der Waals surface area contributed by atoms with Gasteiger partial charge in [0.15, 0.2) is 0 Å². The molecule has 2 heterocycles. The summed E-state index contributed by atoms with van der Waals surface area (Å²) in [5.41, 5.74) is 6.32. The van der Waals surface area contributed by atoms with Crippen LogP contribution in [0, 0.1) is 0 Å². The van der Waals surface area contributed by atoms with Gasteiger partial charge in [-0.25, -0.2) is 0 Å². The molecule has 0 spiro atoms. The molecule has 1 aromatic rings. The molecule has 1 saturated heterocycles. The number of carbonyl (C=O) groups is 2. The molecule has 1 aliphatic heterocycles. The standard InChI is InChI=1S/C13H19N3O2S/c1-2-11(17)15-5-3-6-16(8-7-15)13(18)12-10(14)4-9-19-12/h4,9H,2-3,5-8,14H2,1H3. The van der Waals surface area contributed by atoms with Crippen molar-refractivity contribution in [1.29, 1.82) is 0 Å². The van der Waals surface area contributed by atoms with Gasteiger partial charge in [0.05, 0.1) is 5.69 Å². The van der Waals surface area contributed by atoms with Crippen LogP contribution in [0.1, 0.15) is 29.4 Å². The lowest BCUT2D eigenvalue weighted by Crippen LogP contribution is -2.37. The number of thiophene rings is 1. The van der Waals surface area contributed by atoms with Crippen molar-refractivity contribution in [3.63, 3.8) is 0 Å². The lowest BCUT2D eigenvalue weighted by Gasteiger charge is -2.21. The normalized spacial score (nSPS) is 16.3. The maximum atomic E-state index is 12.3. The molecule has 1 aromatic heterocycles. The fourth-order valence-corrected chi connectivity index (χ4v) is 3.01. The second kappa shape index (κ2) is 6.06. The van der Waals surface area contributed by atoms with Crippen molar-refractivity contribution in [1.82, 2.24) is 9.80 Å². The van der Waals surface area contributed by atoms with Crippen LogP contribution in [-0.2, 0) is 4.79 Å². The Balaban J connectivity index is 2.01. The van der Waals surface area contributed by atoms with Gasteiger partial charge in [-0.15, -0.1) is 11.3 Å². The summed E-state index contributed by atoms with van der Waals surface area (Å²) in [4.78, 5) is 28.3. The van der Waals surface area contributed by atoms with Crippen molar-refractivity contribution < 1.29 is 9.59 Å². The molecule has 0 aliphatic carbocycles. The number of carbonyl (C=O) groups excluding carboxylic acids is 2. The number of nitrogens with zero attached hydrogens (tertiary/aromatic N) is 2. The Morgan fingerprint density at radius 2 is 1.95 bits per heavy atom. The molecular weight excluding hydrogens is 262 g/mol. The second-order valence-corrected chi connectivity index (χ2v) is 5.50. The number of hydrogen-bond acceptors (Lipinski definition) is 4. The van der Waals surface area contributed by atoms with Crippen LogP contribution < -0.4 is 5.73 Å². The van der Waals surface area contributed by atoms with Crippen LogP contribution in [0.3, 0.4) is 0 Å². The van der Waals surface area contributed by atoms with Crippen molar-refractivity contribution >= 4 is 28.8 Å². The summed E-state index contributed by atoms with van der Waals surface area (Å²) in [6.45, 7) is 4.48. The Hall–Kier alpha value is -1.56. The van der Waals surface area contributed by atoms with E-state index in [0.29, 0.717) is 36.6 Å². The first-order valence-electron chi connectivity index (χ1n) is 6.53. The molecule has 104 valence electrons. The average molecular weight is 281 g/mol. The van der Waals surface area contributed by atoms with Crippen molar-refractivity contribution in [2.24, 2.45) is 0 Å². The molecular formula is C13H19N3O2S. The van der Waals surface area contributed by atoms with E-state index in [4.69, 9.17) is 5.73 Å². The molecule has 0 aromatic carbocycles. The van der Waals surface area contributed by atoms with Crippen LogP contribution in [0.2, 0.25) is 0 Å². The first-order valence-corrected chi connectivity index (χ1v) is 7.41. The van der Waals surface area contributed by atoms with E-state index in [1.807, 2.05) is 17.2 Å². The van der Waals surface area contributed by atoms with Gasteiger partial charge in [-0.2, -0.15) is 0 Å². The van der Waals surface area contributed by atoms with E-state index in [0.717, 1.165) is 13.0 Å². The first kappa shape index (κ1) is 13.9. The van der Waals surface area contributed by atoms with Crippen molar-refractivity contribution in [2.45, 2.75) is 19.8 Å². The Morgan fingerprint density at radius 3 is 2.58 bits per heavy atom. The van der Waals surface area contributed by atoms with Crippen LogP contribution in [0.25, 0.3) is 0 Å². The maximum absolute atomic E-state index is 12.3. The maximum Gasteiger partial charge on any atom is 0.266 e. The first-order chi connectivity index (χ1) is 9.13. The SMILES string of the molecule is CCC(=O)N1CCCN(C(=O)c2sccc2N)CC1. The summed E-state index contributed by atoms with van der Waals surface area (Å²) in [6.07, 6.45) is 1.34. The molecule has 1 fully saturated rings. The molecule has 2 amide bonds. The number of nitrogens with two attached hydrogens (primary N) is 1. The Kier molecular flexibility index (Phi) is 4.42. The highest BCUT2D eigenvalue weighted by molar-refractivity contribution is 7.12. The molecule has 0 atom stereocenters. The van der Waals surface area contributed by atoms with Crippen LogP contribution in [0.5, 0.6) is 0 Å². The lowest BCUT2D eigenvalue weighted by molar-refractivity contribution is -0.130. The van der Waals surface area contributed by atoms with E-state index in [1.54, 1.807) is 11.0 Å². The van der Waals surface area contributed by atoms with Gasteiger partial charge in [0.25, 0.3) is 5.91 Å². The summed E-state index contributed by atoms with van der Waals surface area (Å²) in [7, 11) is 0. The van der Waals surface area contributed by atoms with E-state index in [9.17, 15) is 9.59 Å². The minimum Gasteiger partial charge on any atom is -0.397 e. The van der Waals surface area contributed by atoms with Gasteiger partial charge in [0, 0.05) is 32.6 Å². The lowest BCUT2D eigenvalue weighted by atomic mass is 10.3. The van der Waals surface area contributed by atoms with E-state index >= 15 is 0 Å². The smallest absolute Gasteiger partial charge is 0.266 e. The number of hydrogen-bond donors (Lipinski definition) is 1. The fraction of sp³-hybridized carbons (Fsp3) is 0.538. The molecule has 5 nitrogen and oxygen atoms in total. The fourth-order valence-electron chi connectivity index (χ4n) is 2.23. The molecule has 2 N–H and O–H groups in total. The van der Waals surface area contributed by atoms with Gasteiger partial charge in [-0.1, -0.05) is 6.92 Å². The van der Waals surface area contributed by atoms with Crippen LogP contribution in [0.4, 0.5) is 5.69 Å². The Labute approximate surface area is 117 Å². The van der Waals surface area contributed by atoms with Crippen LogP contribution >= 0.6 is 11.3 Å². The van der Waals surface area contributed by atoms with Crippen LogP contribution in [-0.4, -0.2) is 47.8 Å². The number of anilines is 1. The predicted molar refractivity (Wildman–Crippen MR) is 76.1 cm³/mol. The number of rotatable bonds is 2. The molecule has 0 bridgehead atoms. The zero-order chi connectivity index (χ0) is 13.8. The minimum atomic E-state index is -0.0155. The monoisotopic (exact) mass is 281 g/mol. The molecule has 1 aliphatic rings. The van der Waals surface area contributed by atoms with E-state index in [2.05, 4.69) is 0 Å². The zero-order valence-corrected chi connectivity index (χ0v) is 11.9. The van der Waals surface area contributed by atoms with Gasteiger partial charge in [-0.05, 0) is 17.9 Å². The highest BCUT2D eigenvalue weighted by Crippen LogP contribution is 2.21. The van der Waals surface area contributed by atoms with E-state index in [1.165, 1.54) is 11.3 Å². The van der Waals surface area contributed by atoms with E-state index < -0.39 is 0 Å². The van der Waals surface area contributed by atoms with Crippen molar-refractivity contribution in [3.05, 3.63) is 16.3 Å². The Bertz CT molecular complexity index is 472. The summed E-state index contributed by atoms with van der Waals surface area (Å²) in [5.74, 6) is 0.142. The highest BCUT2D eigenvalue weighted by atomic mass is 32.1. The quantitative estimate of drug-likeness (QED) is 0.891. The minimum absolute atomic E-state index is 0.0155. The van der Waals surface area contributed by atoms with Crippen molar-refractivity contribution in [3.8, 4) is 0 Å². The third-order valence-corrected chi connectivity index (χ3v) is 4.25. The summed E-state index contributed by atoms with van der Waals surface area (Å²) < 4.78 is 0. The highest BCUT2D eigenvalue weighted by Gasteiger charge is 2.23. The topological polar surface area (TPSA) is 66.6 Å². The molecule has 2 rings (SSSR count). The van der Waals surface area contributed by atoms with Gasteiger partial charge < -0.3 is 15.5 Å². The summed E-state index contributed by atoms with van der Waals surface area (Å²) in [6, 6.07) is 1.75. The third-order valence-electron chi connectivity index (χ3n) is 3.33. The third kappa shape index (κ3) is 3.07. The number of nitrogen functional groups attached to an aromatic ring is 1. The molecule has 6 heteroatoms. The van der Waals surface area contributed by atoms with Gasteiger partial charge >= 0.3 is 0 Å². The Morgan fingerprint density at radius 1 is 1.26 bits per heavy atom. The average Bonchev–Trinajstić information content (AvgIpc) is 2.70. The zero-order valence-electron chi connectivity index (χ0n) is 11.1. The summed E-state index contributed by atoms with van der Waals surface area (Å²) in [5, 5.41) is 1.83. The number of amides is 2. The van der Waals surface area contributed by atoms with Gasteiger partial charge in [0.2, 0.25) is 5.91 Å². The predicted octanol–water partition coefficient (Wildman–Crippen LogP) is 1.41. The molecule has 19 heavy (non-hydrogen) atoms. The molecule has 0 radical (unpaired) electrons. The largest absolute Gasteiger partial charge is 0.397 e.